The molecule has 0 radical (unpaired) electrons. The molecular formula is C18H21N5. The van der Waals surface area contributed by atoms with Crippen LogP contribution in [-0.4, -0.2) is 15.0 Å². The van der Waals surface area contributed by atoms with Crippen LogP contribution in [0.4, 0.5) is 5.82 Å². The van der Waals surface area contributed by atoms with Crippen LogP contribution in [0.3, 0.4) is 0 Å². The van der Waals surface area contributed by atoms with Gasteiger partial charge in [-0.05, 0) is 31.4 Å². The van der Waals surface area contributed by atoms with Crippen molar-refractivity contribution >= 4 is 5.82 Å². The van der Waals surface area contributed by atoms with Crippen LogP contribution in [-0.2, 0) is 19.5 Å². The number of hydrogen-bond donors (Lipinski definition) is 0. The molecule has 0 aliphatic carbocycles. The average molecular weight is 307 g/mol. The molecule has 2 aromatic rings. The van der Waals surface area contributed by atoms with Crippen LogP contribution in [0, 0.1) is 31.1 Å². The second kappa shape index (κ2) is 5.96. The van der Waals surface area contributed by atoms with Gasteiger partial charge in [0.25, 0.3) is 0 Å². The lowest BCUT2D eigenvalue weighted by atomic mass is 10.1. The molecule has 23 heavy (non-hydrogen) atoms. The third kappa shape index (κ3) is 3.02. The van der Waals surface area contributed by atoms with Crippen LogP contribution in [0.15, 0.2) is 12.3 Å². The van der Waals surface area contributed by atoms with E-state index in [0.29, 0.717) is 24.6 Å². The van der Waals surface area contributed by atoms with Crippen molar-refractivity contribution in [2.75, 3.05) is 4.90 Å². The monoisotopic (exact) mass is 307 g/mol. The van der Waals surface area contributed by atoms with Crippen molar-refractivity contribution in [2.24, 2.45) is 5.92 Å². The first-order valence-corrected chi connectivity index (χ1v) is 7.95. The number of anilines is 1. The first-order valence-electron chi connectivity index (χ1n) is 7.95. The Morgan fingerprint density at radius 3 is 2.74 bits per heavy atom. The minimum absolute atomic E-state index is 0.539. The van der Waals surface area contributed by atoms with Crippen LogP contribution in [0.25, 0.3) is 0 Å². The van der Waals surface area contributed by atoms with E-state index in [1.807, 2.05) is 26.1 Å². The highest BCUT2D eigenvalue weighted by molar-refractivity contribution is 5.59. The number of nitriles is 1. The van der Waals surface area contributed by atoms with Gasteiger partial charge in [-0.25, -0.2) is 15.0 Å². The zero-order valence-electron chi connectivity index (χ0n) is 14.1. The van der Waals surface area contributed by atoms with Crippen molar-refractivity contribution in [2.45, 2.75) is 47.2 Å². The zero-order valence-corrected chi connectivity index (χ0v) is 14.1. The van der Waals surface area contributed by atoms with Gasteiger partial charge >= 0.3 is 0 Å². The topological polar surface area (TPSA) is 65.7 Å². The molecule has 2 aromatic heterocycles. The number of hydrogen-bond acceptors (Lipinski definition) is 5. The molecule has 0 saturated heterocycles. The Morgan fingerprint density at radius 2 is 2.04 bits per heavy atom. The van der Waals surface area contributed by atoms with E-state index >= 15 is 0 Å². The van der Waals surface area contributed by atoms with E-state index in [-0.39, 0.29) is 0 Å². The molecule has 0 atom stereocenters. The summed E-state index contributed by atoms with van der Waals surface area (Å²) in [5.41, 5.74) is 4.73. The molecule has 0 amide bonds. The SMILES string of the molecule is Cc1cc(C)c(C#N)c(N2Cc3cnc(CC(C)C)nc3C2)n1. The molecule has 5 heteroatoms. The lowest BCUT2D eigenvalue weighted by Gasteiger charge is -2.19. The van der Waals surface area contributed by atoms with Crippen LogP contribution >= 0.6 is 0 Å². The van der Waals surface area contributed by atoms with Gasteiger partial charge in [-0.15, -0.1) is 0 Å². The molecule has 0 aromatic carbocycles. The standard InChI is InChI=1S/C18H21N5/c1-11(2)5-17-20-8-14-9-23(10-16(14)22-17)18-15(7-19)12(3)6-13(4)21-18/h6,8,11H,5,9-10H2,1-4H3. The molecule has 0 unspecified atom stereocenters. The van der Waals surface area contributed by atoms with Crippen molar-refractivity contribution in [3.8, 4) is 6.07 Å². The predicted molar refractivity (Wildman–Crippen MR) is 88.9 cm³/mol. The Kier molecular flexibility index (Phi) is 3.99. The Labute approximate surface area is 137 Å². The molecular weight excluding hydrogens is 286 g/mol. The molecule has 118 valence electrons. The van der Waals surface area contributed by atoms with Crippen molar-refractivity contribution in [1.82, 2.24) is 15.0 Å². The van der Waals surface area contributed by atoms with Crippen molar-refractivity contribution in [3.05, 3.63) is 46.2 Å². The quantitative estimate of drug-likeness (QED) is 0.872. The maximum absolute atomic E-state index is 9.47. The third-order valence-electron chi connectivity index (χ3n) is 4.03. The highest BCUT2D eigenvalue weighted by Crippen LogP contribution is 2.29. The highest BCUT2D eigenvalue weighted by Gasteiger charge is 2.25. The molecule has 0 fully saturated rings. The summed E-state index contributed by atoms with van der Waals surface area (Å²) in [5.74, 6) is 2.19. The van der Waals surface area contributed by atoms with Crippen molar-refractivity contribution in [1.29, 1.82) is 5.26 Å². The maximum Gasteiger partial charge on any atom is 0.147 e. The predicted octanol–water partition coefficient (Wildman–Crippen LogP) is 3.08. The number of rotatable bonds is 3. The fourth-order valence-electron chi connectivity index (χ4n) is 2.99. The summed E-state index contributed by atoms with van der Waals surface area (Å²) < 4.78 is 0. The van der Waals surface area contributed by atoms with Crippen LogP contribution < -0.4 is 4.90 Å². The summed E-state index contributed by atoms with van der Waals surface area (Å²) in [6, 6.07) is 4.24. The number of aryl methyl sites for hydroxylation is 2. The number of pyridine rings is 1. The van der Waals surface area contributed by atoms with Gasteiger partial charge in [0.2, 0.25) is 0 Å². The molecule has 1 aliphatic heterocycles. The van der Waals surface area contributed by atoms with Crippen LogP contribution in [0.2, 0.25) is 0 Å². The second-order valence-corrected chi connectivity index (χ2v) is 6.60. The summed E-state index contributed by atoms with van der Waals surface area (Å²) in [5, 5.41) is 9.47. The normalized spacial score (nSPS) is 13.3. The average Bonchev–Trinajstić information content (AvgIpc) is 2.88. The van der Waals surface area contributed by atoms with E-state index in [1.54, 1.807) is 0 Å². The van der Waals surface area contributed by atoms with Gasteiger partial charge in [0.05, 0.1) is 17.8 Å². The Balaban J connectivity index is 1.92. The minimum Gasteiger partial charge on any atom is -0.345 e. The van der Waals surface area contributed by atoms with Gasteiger partial charge < -0.3 is 4.90 Å². The molecule has 0 saturated carbocycles. The van der Waals surface area contributed by atoms with Crippen LogP contribution in [0.1, 0.15) is 47.8 Å². The van der Waals surface area contributed by atoms with Gasteiger partial charge in [0, 0.05) is 30.4 Å². The van der Waals surface area contributed by atoms with E-state index in [4.69, 9.17) is 4.98 Å². The molecule has 0 N–H and O–H groups in total. The van der Waals surface area contributed by atoms with E-state index in [9.17, 15) is 5.26 Å². The fraction of sp³-hybridized carbons (Fsp3) is 0.444. The molecule has 3 heterocycles. The second-order valence-electron chi connectivity index (χ2n) is 6.60. The number of aromatic nitrogens is 3. The Bertz CT molecular complexity index is 789. The molecule has 0 bridgehead atoms. The summed E-state index contributed by atoms with van der Waals surface area (Å²) >= 11 is 0. The van der Waals surface area contributed by atoms with E-state index in [2.05, 4.69) is 34.8 Å². The zero-order chi connectivity index (χ0) is 16.6. The summed E-state index contributed by atoms with van der Waals surface area (Å²) in [6.45, 7) is 9.65. The largest absolute Gasteiger partial charge is 0.345 e. The van der Waals surface area contributed by atoms with Crippen molar-refractivity contribution in [3.63, 3.8) is 0 Å². The summed E-state index contributed by atoms with van der Waals surface area (Å²) in [4.78, 5) is 15.9. The number of nitrogens with zero attached hydrogens (tertiary/aromatic N) is 5. The van der Waals surface area contributed by atoms with Crippen LogP contribution in [0.5, 0.6) is 0 Å². The first-order chi connectivity index (χ1) is 11.0. The van der Waals surface area contributed by atoms with Crippen molar-refractivity contribution < 1.29 is 0 Å². The molecule has 3 rings (SSSR count). The summed E-state index contributed by atoms with van der Waals surface area (Å²) in [7, 11) is 0. The van der Waals surface area contributed by atoms with Gasteiger partial charge in [-0.3, -0.25) is 0 Å². The summed E-state index contributed by atoms with van der Waals surface area (Å²) in [6.07, 6.45) is 2.81. The first kappa shape index (κ1) is 15.4. The van der Waals surface area contributed by atoms with E-state index in [1.165, 1.54) is 0 Å². The highest BCUT2D eigenvalue weighted by atomic mass is 15.2. The molecule has 5 nitrogen and oxygen atoms in total. The van der Waals surface area contributed by atoms with E-state index < -0.39 is 0 Å². The lowest BCUT2D eigenvalue weighted by Crippen LogP contribution is -2.18. The third-order valence-corrected chi connectivity index (χ3v) is 4.03. The number of fused-ring (bicyclic) bond motifs is 1. The maximum atomic E-state index is 9.47. The Hall–Kier alpha value is -2.48. The van der Waals surface area contributed by atoms with Gasteiger partial charge in [-0.2, -0.15) is 5.26 Å². The van der Waals surface area contributed by atoms with E-state index in [0.717, 1.165) is 40.6 Å². The van der Waals surface area contributed by atoms with Gasteiger partial charge in [0.15, 0.2) is 0 Å². The smallest absolute Gasteiger partial charge is 0.147 e. The minimum atomic E-state index is 0.539. The Morgan fingerprint density at radius 1 is 1.26 bits per heavy atom. The fourth-order valence-corrected chi connectivity index (χ4v) is 2.99. The molecule has 1 aliphatic rings. The van der Waals surface area contributed by atoms with Gasteiger partial charge in [0.1, 0.15) is 17.7 Å². The van der Waals surface area contributed by atoms with Gasteiger partial charge in [-0.1, -0.05) is 13.8 Å². The lowest BCUT2D eigenvalue weighted by molar-refractivity contribution is 0.617. The molecule has 0 spiro atoms.